The fraction of sp³-hybridized carbons (Fsp3) is 0.667. The third-order valence-electron chi connectivity index (χ3n) is 2.04. The van der Waals surface area contributed by atoms with Crippen LogP contribution in [0.1, 0.15) is 41.0 Å². The first-order valence-corrected chi connectivity index (χ1v) is 5.82. The molecule has 1 rings (SSSR count). The highest BCUT2D eigenvalue weighted by Gasteiger charge is 2.25. The first-order chi connectivity index (χ1) is 7.18. The third-order valence-corrected chi connectivity index (χ3v) is 2.23. The molecule has 16 heavy (non-hydrogen) atoms. The Labute approximate surface area is 103 Å². The molecule has 0 saturated carbocycles. The number of aromatic nitrogens is 2. The van der Waals surface area contributed by atoms with Gasteiger partial charge in [-0.15, -0.1) is 0 Å². The summed E-state index contributed by atoms with van der Waals surface area (Å²) in [6, 6.07) is 0. The zero-order chi connectivity index (χ0) is 12.4. The molecule has 1 aromatic heterocycles. The minimum Gasteiger partial charge on any atom is -0.364 e. The predicted octanol–water partition coefficient (Wildman–Crippen LogP) is 3.76. The van der Waals surface area contributed by atoms with Crippen molar-refractivity contribution in [3.05, 3.63) is 17.5 Å². The maximum absolute atomic E-state index is 5.79. The van der Waals surface area contributed by atoms with Gasteiger partial charge in [0, 0.05) is 5.54 Å². The maximum Gasteiger partial charge on any atom is 0.149 e. The molecule has 0 aliphatic carbocycles. The van der Waals surface area contributed by atoms with Crippen LogP contribution in [-0.2, 0) is 0 Å². The van der Waals surface area contributed by atoms with Gasteiger partial charge in [0.2, 0.25) is 0 Å². The van der Waals surface area contributed by atoms with Gasteiger partial charge in [-0.2, -0.15) is 0 Å². The van der Waals surface area contributed by atoms with E-state index in [4.69, 9.17) is 11.6 Å². The molecule has 0 saturated heterocycles. The molecule has 90 valence electrons. The summed E-state index contributed by atoms with van der Waals surface area (Å²) in [5.41, 5.74) is 0.236. The van der Waals surface area contributed by atoms with E-state index in [1.807, 2.05) is 0 Å². The number of anilines is 1. The topological polar surface area (TPSA) is 37.8 Å². The molecule has 1 N–H and O–H groups in total. The molecule has 0 unspecified atom stereocenters. The third kappa shape index (κ3) is 4.79. The molecule has 0 fully saturated rings. The van der Waals surface area contributed by atoms with Crippen LogP contribution in [0.4, 0.5) is 5.82 Å². The van der Waals surface area contributed by atoms with Crippen molar-refractivity contribution in [1.82, 2.24) is 9.97 Å². The highest BCUT2D eigenvalue weighted by molar-refractivity contribution is 6.29. The van der Waals surface area contributed by atoms with Gasteiger partial charge in [0.15, 0.2) is 0 Å². The van der Waals surface area contributed by atoms with Gasteiger partial charge in [-0.05, 0) is 25.7 Å². The monoisotopic (exact) mass is 241 g/mol. The van der Waals surface area contributed by atoms with Crippen LogP contribution < -0.4 is 5.32 Å². The van der Waals surface area contributed by atoms with Crippen molar-refractivity contribution in [2.24, 2.45) is 5.41 Å². The van der Waals surface area contributed by atoms with E-state index >= 15 is 0 Å². The second-order valence-corrected chi connectivity index (χ2v) is 6.36. The fourth-order valence-corrected chi connectivity index (χ4v) is 2.27. The summed E-state index contributed by atoms with van der Waals surface area (Å²) < 4.78 is 0. The molecule has 0 atom stereocenters. The number of halogens is 1. The molecule has 0 amide bonds. The number of nitrogens with one attached hydrogen (secondary N) is 1. The average Bonchev–Trinajstić information content (AvgIpc) is 1.96. The maximum atomic E-state index is 5.79. The van der Waals surface area contributed by atoms with Gasteiger partial charge >= 0.3 is 0 Å². The Kier molecular flexibility index (Phi) is 3.79. The van der Waals surface area contributed by atoms with Crippen LogP contribution in [0.15, 0.2) is 12.4 Å². The Balaban J connectivity index is 2.72. The lowest BCUT2D eigenvalue weighted by molar-refractivity contribution is 0.302. The van der Waals surface area contributed by atoms with E-state index in [-0.39, 0.29) is 11.0 Å². The molecule has 3 nitrogen and oxygen atoms in total. The standard InChI is InChI=1S/C12H20ClN3/c1-11(2,3)8-12(4,5)16-10-7-14-6-9(13)15-10/h6-7H,8H2,1-5H3,(H,15,16). The van der Waals surface area contributed by atoms with Crippen molar-refractivity contribution >= 4 is 17.4 Å². The van der Waals surface area contributed by atoms with Gasteiger partial charge in [0.25, 0.3) is 0 Å². The Hall–Kier alpha value is -0.830. The zero-order valence-electron chi connectivity index (χ0n) is 10.6. The highest BCUT2D eigenvalue weighted by atomic mass is 35.5. The van der Waals surface area contributed by atoms with Crippen LogP contribution >= 0.6 is 11.6 Å². The number of rotatable bonds is 3. The van der Waals surface area contributed by atoms with Crippen LogP contribution in [0.3, 0.4) is 0 Å². The SMILES string of the molecule is CC(C)(C)CC(C)(C)Nc1cncc(Cl)n1. The number of hydrogen-bond acceptors (Lipinski definition) is 3. The highest BCUT2D eigenvalue weighted by Crippen LogP contribution is 2.29. The molecule has 0 spiro atoms. The first kappa shape index (κ1) is 13.2. The average molecular weight is 242 g/mol. The van der Waals surface area contributed by atoms with E-state index in [2.05, 4.69) is 49.9 Å². The summed E-state index contributed by atoms with van der Waals surface area (Å²) in [4.78, 5) is 8.19. The van der Waals surface area contributed by atoms with E-state index in [1.54, 1.807) is 6.20 Å². The van der Waals surface area contributed by atoms with E-state index < -0.39 is 0 Å². The molecule has 1 heterocycles. The van der Waals surface area contributed by atoms with Gasteiger partial charge in [-0.1, -0.05) is 32.4 Å². The second kappa shape index (κ2) is 4.58. The fourth-order valence-electron chi connectivity index (χ4n) is 2.12. The summed E-state index contributed by atoms with van der Waals surface area (Å²) in [6.07, 6.45) is 4.26. The minimum atomic E-state index is -0.0301. The predicted molar refractivity (Wildman–Crippen MR) is 68.8 cm³/mol. The number of hydrogen-bond donors (Lipinski definition) is 1. The molecular formula is C12H20ClN3. The van der Waals surface area contributed by atoms with Gasteiger partial charge in [-0.25, -0.2) is 4.98 Å². The minimum absolute atomic E-state index is 0.0301. The lowest BCUT2D eigenvalue weighted by atomic mass is 9.82. The zero-order valence-corrected chi connectivity index (χ0v) is 11.4. The lowest BCUT2D eigenvalue weighted by Crippen LogP contribution is -2.35. The number of nitrogens with zero attached hydrogens (tertiary/aromatic N) is 2. The summed E-state index contributed by atoms with van der Waals surface area (Å²) in [5.74, 6) is 0.724. The smallest absolute Gasteiger partial charge is 0.149 e. The van der Waals surface area contributed by atoms with Crippen molar-refractivity contribution in [2.45, 2.75) is 46.6 Å². The Morgan fingerprint density at radius 3 is 2.31 bits per heavy atom. The van der Waals surface area contributed by atoms with Crippen molar-refractivity contribution in [3.8, 4) is 0 Å². The summed E-state index contributed by atoms with van der Waals surface area (Å²) >= 11 is 5.79. The summed E-state index contributed by atoms with van der Waals surface area (Å²) in [5, 5.41) is 3.77. The first-order valence-electron chi connectivity index (χ1n) is 5.44. The second-order valence-electron chi connectivity index (χ2n) is 5.97. The van der Waals surface area contributed by atoms with Crippen molar-refractivity contribution in [1.29, 1.82) is 0 Å². The molecule has 0 aliphatic rings. The Morgan fingerprint density at radius 2 is 1.81 bits per heavy atom. The van der Waals surface area contributed by atoms with Gasteiger partial charge in [0.1, 0.15) is 11.0 Å². The van der Waals surface area contributed by atoms with Crippen molar-refractivity contribution in [2.75, 3.05) is 5.32 Å². The lowest BCUT2D eigenvalue weighted by Gasteiger charge is -2.33. The molecule has 1 aromatic rings. The van der Waals surface area contributed by atoms with Crippen LogP contribution in [0.2, 0.25) is 5.15 Å². The van der Waals surface area contributed by atoms with E-state index in [9.17, 15) is 0 Å². The quantitative estimate of drug-likeness (QED) is 0.876. The molecule has 0 radical (unpaired) electrons. The van der Waals surface area contributed by atoms with Crippen LogP contribution in [0.25, 0.3) is 0 Å². The summed E-state index contributed by atoms with van der Waals surface area (Å²) in [6.45, 7) is 11.0. The van der Waals surface area contributed by atoms with Crippen LogP contribution in [0.5, 0.6) is 0 Å². The normalized spacial score (nSPS) is 12.6. The molecular weight excluding hydrogens is 222 g/mol. The summed E-state index contributed by atoms with van der Waals surface area (Å²) in [7, 11) is 0. The van der Waals surface area contributed by atoms with E-state index in [0.717, 1.165) is 12.2 Å². The Bertz CT molecular complexity index is 356. The largest absolute Gasteiger partial charge is 0.364 e. The van der Waals surface area contributed by atoms with Crippen molar-refractivity contribution in [3.63, 3.8) is 0 Å². The molecule has 0 bridgehead atoms. The Morgan fingerprint density at radius 1 is 1.19 bits per heavy atom. The van der Waals surface area contributed by atoms with E-state index in [1.165, 1.54) is 6.20 Å². The van der Waals surface area contributed by atoms with E-state index in [0.29, 0.717) is 5.15 Å². The molecule has 0 aromatic carbocycles. The van der Waals surface area contributed by atoms with Gasteiger partial charge < -0.3 is 5.32 Å². The van der Waals surface area contributed by atoms with Crippen LogP contribution in [-0.4, -0.2) is 15.5 Å². The molecule has 0 aliphatic heterocycles. The van der Waals surface area contributed by atoms with Gasteiger partial charge in [-0.3, -0.25) is 4.98 Å². The molecule has 4 heteroatoms. The van der Waals surface area contributed by atoms with Crippen LogP contribution in [0, 0.1) is 5.41 Å². The van der Waals surface area contributed by atoms with Gasteiger partial charge in [0.05, 0.1) is 12.4 Å². The van der Waals surface area contributed by atoms with Crippen molar-refractivity contribution < 1.29 is 0 Å².